The molecule has 0 saturated carbocycles. The van der Waals surface area contributed by atoms with E-state index in [0.717, 1.165) is 23.4 Å². The molecule has 1 aromatic rings. The zero-order valence-electron chi connectivity index (χ0n) is 23.3. The van der Waals surface area contributed by atoms with E-state index in [1.54, 1.807) is 37.4 Å². The van der Waals surface area contributed by atoms with E-state index in [4.69, 9.17) is 9.47 Å². The number of alkyl halides is 1. The lowest BCUT2D eigenvalue weighted by atomic mass is 9.95. The fourth-order valence-electron chi connectivity index (χ4n) is 3.75. The molecule has 38 heavy (non-hydrogen) atoms. The van der Waals surface area contributed by atoms with E-state index in [0.29, 0.717) is 35.1 Å². The predicted molar refractivity (Wildman–Crippen MR) is 156 cm³/mol. The number of hydrogen-bond donors (Lipinski definition) is 0. The van der Waals surface area contributed by atoms with Crippen molar-refractivity contribution < 1.29 is 23.0 Å². The highest BCUT2D eigenvalue weighted by Crippen LogP contribution is 2.34. The van der Waals surface area contributed by atoms with Gasteiger partial charge in [-0.05, 0) is 63.8 Å². The quantitative estimate of drug-likeness (QED) is 0.146. The fraction of sp³-hybridized carbons (Fsp3) is 0.387. The molecule has 1 aliphatic heterocycles. The Morgan fingerprint density at radius 3 is 2.34 bits per heavy atom. The zero-order valence-corrected chi connectivity index (χ0v) is 24.9. The molecule has 0 saturated heterocycles. The average molecular weight is 593 g/mol. The van der Waals surface area contributed by atoms with E-state index >= 15 is 0 Å². The van der Waals surface area contributed by atoms with Crippen LogP contribution in [0.1, 0.15) is 59.9 Å². The second-order valence-corrected chi connectivity index (χ2v) is 8.91. The van der Waals surface area contributed by atoms with Crippen molar-refractivity contribution >= 4 is 21.9 Å². The van der Waals surface area contributed by atoms with Crippen molar-refractivity contribution in [1.82, 2.24) is 4.90 Å². The van der Waals surface area contributed by atoms with Crippen LogP contribution in [0.3, 0.4) is 0 Å². The van der Waals surface area contributed by atoms with Gasteiger partial charge in [0.05, 0.1) is 30.6 Å². The van der Waals surface area contributed by atoms with Crippen molar-refractivity contribution in [1.29, 1.82) is 0 Å². The first-order valence-electron chi connectivity index (χ1n) is 12.8. The number of ether oxygens (including phenoxy) is 2. The third-order valence-corrected chi connectivity index (χ3v) is 6.48. The molecule has 2 rings (SSSR count). The number of carbonyl (C=O) groups excluding carboxylic acids is 1. The van der Waals surface area contributed by atoms with Crippen molar-refractivity contribution in [3.63, 3.8) is 0 Å². The summed E-state index contributed by atoms with van der Waals surface area (Å²) in [5, 5.41) is 0.583. The number of allylic oxidation sites excluding steroid dienone is 6. The topological polar surface area (TPSA) is 38.8 Å². The molecule has 0 fully saturated rings. The number of benzene rings is 1. The van der Waals surface area contributed by atoms with Crippen molar-refractivity contribution in [3.05, 3.63) is 107 Å². The van der Waals surface area contributed by atoms with Gasteiger partial charge >= 0.3 is 5.97 Å². The SMILES string of the molecule is C/C=C(F)\C(=C/C)CBr.C=CN1C(C(CC)OCc2ccccc2F)=C(C)C(C(=O)OCCC)=C/C1=C/C. The van der Waals surface area contributed by atoms with Crippen LogP contribution in [0.5, 0.6) is 0 Å². The minimum Gasteiger partial charge on any atom is -0.462 e. The highest BCUT2D eigenvalue weighted by atomic mass is 79.9. The lowest BCUT2D eigenvalue weighted by Crippen LogP contribution is -2.32. The first-order valence-corrected chi connectivity index (χ1v) is 13.9. The molecule has 1 unspecified atom stereocenters. The molecule has 1 atom stereocenters. The van der Waals surface area contributed by atoms with Gasteiger partial charge in [-0.2, -0.15) is 0 Å². The molecular weight excluding hydrogens is 552 g/mol. The van der Waals surface area contributed by atoms with Crippen LogP contribution in [0.4, 0.5) is 8.78 Å². The second kappa shape index (κ2) is 17.7. The highest BCUT2D eigenvalue weighted by molar-refractivity contribution is 9.09. The van der Waals surface area contributed by atoms with Crippen LogP contribution in [0.2, 0.25) is 0 Å². The Balaban J connectivity index is 0.000000686. The number of rotatable bonds is 11. The maximum atomic E-state index is 14.0. The van der Waals surface area contributed by atoms with Gasteiger partial charge in [0, 0.05) is 22.8 Å². The Morgan fingerprint density at radius 2 is 1.87 bits per heavy atom. The molecule has 0 aliphatic carbocycles. The summed E-state index contributed by atoms with van der Waals surface area (Å²) < 4.78 is 38.0. The molecule has 208 valence electrons. The second-order valence-electron chi connectivity index (χ2n) is 8.35. The molecule has 1 aliphatic rings. The van der Waals surface area contributed by atoms with E-state index in [2.05, 4.69) is 22.5 Å². The van der Waals surface area contributed by atoms with Crippen molar-refractivity contribution in [3.8, 4) is 0 Å². The molecule has 1 aromatic carbocycles. The summed E-state index contributed by atoms with van der Waals surface area (Å²) in [6.07, 6.45) is 9.69. The number of hydrogen-bond acceptors (Lipinski definition) is 4. The Labute approximate surface area is 235 Å². The van der Waals surface area contributed by atoms with Gasteiger partial charge in [-0.3, -0.25) is 0 Å². The molecule has 0 amide bonds. The molecule has 0 aromatic heterocycles. The lowest BCUT2D eigenvalue weighted by molar-refractivity contribution is -0.138. The zero-order chi connectivity index (χ0) is 28.7. The summed E-state index contributed by atoms with van der Waals surface area (Å²) in [7, 11) is 0. The fourth-order valence-corrected chi connectivity index (χ4v) is 4.34. The Bertz CT molecular complexity index is 1100. The van der Waals surface area contributed by atoms with Crippen molar-refractivity contribution in [2.45, 2.75) is 67.1 Å². The molecule has 1 heterocycles. The van der Waals surface area contributed by atoms with Crippen molar-refractivity contribution in [2.75, 3.05) is 11.9 Å². The Hall–Kier alpha value is -2.77. The lowest BCUT2D eigenvalue weighted by Gasteiger charge is -2.35. The van der Waals surface area contributed by atoms with Crippen LogP contribution >= 0.6 is 15.9 Å². The first kappa shape index (κ1) is 33.3. The van der Waals surface area contributed by atoms with E-state index in [-0.39, 0.29) is 30.3 Å². The van der Waals surface area contributed by atoms with Gasteiger partial charge in [0.1, 0.15) is 11.6 Å². The molecule has 0 bridgehead atoms. The summed E-state index contributed by atoms with van der Waals surface area (Å²) >= 11 is 3.17. The third kappa shape index (κ3) is 9.21. The van der Waals surface area contributed by atoms with Gasteiger partial charge in [-0.15, -0.1) is 0 Å². The monoisotopic (exact) mass is 591 g/mol. The van der Waals surface area contributed by atoms with Crippen LogP contribution < -0.4 is 0 Å². The predicted octanol–water partition coefficient (Wildman–Crippen LogP) is 8.84. The van der Waals surface area contributed by atoms with Crippen molar-refractivity contribution in [2.24, 2.45) is 0 Å². The van der Waals surface area contributed by atoms with E-state index in [1.165, 1.54) is 12.1 Å². The summed E-state index contributed by atoms with van der Waals surface area (Å²) in [5.41, 5.74) is 4.12. The summed E-state index contributed by atoms with van der Waals surface area (Å²) in [6.45, 7) is 15.7. The molecular formula is C31H40BrF2NO3. The number of carbonyl (C=O) groups is 1. The summed E-state index contributed by atoms with van der Waals surface area (Å²) in [4.78, 5) is 14.5. The average Bonchev–Trinajstić information content (AvgIpc) is 2.94. The molecule has 0 N–H and O–H groups in total. The third-order valence-electron chi connectivity index (χ3n) is 5.88. The minimum absolute atomic E-state index is 0.136. The van der Waals surface area contributed by atoms with Gasteiger partial charge in [-0.25, -0.2) is 13.6 Å². The smallest absolute Gasteiger partial charge is 0.338 e. The molecule has 0 radical (unpaired) electrons. The van der Waals surface area contributed by atoms with Crippen LogP contribution in [-0.4, -0.2) is 28.9 Å². The van der Waals surface area contributed by atoms with Crippen LogP contribution in [0.15, 0.2) is 95.3 Å². The van der Waals surface area contributed by atoms with E-state index in [9.17, 15) is 13.6 Å². The first-order chi connectivity index (χ1) is 18.2. The number of halogens is 3. The standard InChI is InChI=1S/C24H30FNO3.C7H10BrF/c1-6-14-28-24(27)20-15-19(7-2)26(9-4)23(17(20)5)22(8-3)29-16-18-12-10-11-13-21(18)25;1-3-6(5-8)7(9)4-2/h7,9-13,15,22H,4,6,8,14,16H2,1-3,5H3;3-4H,5H2,1-2H3/b19-7-;6-3-,7-4+. The van der Waals surface area contributed by atoms with Gasteiger partial charge in [-0.1, -0.05) is 72.8 Å². The maximum absolute atomic E-state index is 14.0. The molecule has 4 nitrogen and oxygen atoms in total. The van der Waals surface area contributed by atoms with Crippen LogP contribution in [0, 0.1) is 5.82 Å². The highest BCUT2D eigenvalue weighted by Gasteiger charge is 2.30. The van der Waals surface area contributed by atoms with Gasteiger partial charge in [0.15, 0.2) is 0 Å². The number of esters is 1. The summed E-state index contributed by atoms with van der Waals surface area (Å²) in [6, 6.07) is 6.57. The van der Waals surface area contributed by atoms with Crippen LogP contribution in [-0.2, 0) is 20.9 Å². The summed E-state index contributed by atoms with van der Waals surface area (Å²) in [5.74, 6) is -0.793. The molecule has 0 spiro atoms. The van der Waals surface area contributed by atoms with E-state index in [1.807, 2.05) is 51.7 Å². The van der Waals surface area contributed by atoms with Gasteiger partial charge in [0.25, 0.3) is 0 Å². The van der Waals surface area contributed by atoms with Gasteiger partial charge in [0.2, 0.25) is 0 Å². The molecule has 7 heteroatoms. The van der Waals surface area contributed by atoms with Gasteiger partial charge < -0.3 is 14.4 Å². The van der Waals surface area contributed by atoms with Crippen LogP contribution in [0.25, 0.3) is 0 Å². The minimum atomic E-state index is -0.353. The normalized spacial score (nSPS) is 16.1. The maximum Gasteiger partial charge on any atom is 0.338 e. The Kier molecular flexibility index (Phi) is 15.5. The number of nitrogens with zero attached hydrogens (tertiary/aromatic N) is 1. The van der Waals surface area contributed by atoms with E-state index < -0.39 is 0 Å². The largest absolute Gasteiger partial charge is 0.462 e. The Morgan fingerprint density at radius 1 is 1.18 bits per heavy atom.